The van der Waals surface area contributed by atoms with Crippen LogP contribution in [0.2, 0.25) is 0 Å². The van der Waals surface area contributed by atoms with E-state index in [1.165, 1.54) is 18.2 Å². The van der Waals surface area contributed by atoms with Gasteiger partial charge >= 0.3 is 0 Å². The van der Waals surface area contributed by atoms with Crippen LogP contribution in [-0.2, 0) is 27.2 Å². The number of morpholine rings is 1. The van der Waals surface area contributed by atoms with Gasteiger partial charge in [0.15, 0.2) is 34.8 Å². The summed E-state index contributed by atoms with van der Waals surface area (Å²) in [5.74, 6) is -2.67. The first-order valence-corrected chi connectivity index (χ1v) is 14.5. The third-order valence-corrected chi connectivity index (χ3v) is 8.07. The normalized spacial score (nSPS) is 16.1. The molecule has 2 aromatic heterocycles. The Morgan fingerprint density at radius 1 is 0.841 bits per heavy atom. The van der Waals surface area contributed by atoms with E-state index >= 15 is 4.39 Å². The first-order valence-electron chi connectivity index (χ1n) is 14.5. The minimum atomic E-state index is -1.18. The van der Waals surface area contributed by atoms with Gasteiger partial charge in [0.2, 0.25) is 5.88 Å². The Balaban J connectivity index is 1.08. The maximum atomic E-state index is 15.1. The molecule has 0 atom stereocenters. The number of carbonyl (C=O) groups is 2. The van der Waals surface area contributed by atoms with Gasteiger partial charge in [0, 0.05) is 50.9 Å². The monoisotopic (exact) mass is 605 g/mol. The number of rotatable bonds is 12. The Morgan fingerprint density at radius 2 is 1.55 bits per heavy atom. The number of benzene rings is 2. The third kappa shape index (κ3) is 6.58. The number of Topliss-reactive ketones (excluding diaryl/α,β-unsaturated/α-hetero) is 2. The fourth-order valence-corrected chi connectivity index (χ4v) is 5.32. The van der Waals surface area contributed by atoms with E-state index in [1.807, 2.05) is 0 Å². The van der Waals surface area contributed by atoms with Crippen molar-refractivity contribution in [3.8, 4) is 17.4 Å². The van der Waals surface area contributed by atoms with Gasteiger partial charge in [-0.15, -0.1) is 0 Å². The average Bonchev–Trinajstić information content (AvgIpc) is 3.84. The van der Waals surface area contributed by atoms with E-state index in [1.54, 1.807) is 30.6 Å². The molecule has 1 saturated heterocycles. The Labute approximate surface area is 251 Å². The molecule has 11 heteroatoms. The van der Waals surface area contributed by atoms with Crippen LogP contribution < -0.4 is 9.47 Å². The minimum Gasteiger partial charge on any atom is -0.476 e. The summed E-state index contributed by atoms with van der Waals surface area (Å²) in [7, 11) is 0. The summed E-state index contributed by atoms with van der Waals surface area (Å²) in [5, 5.41) is 0.571. The molecule has 3 heterocycles. The van der Waals surface area contributed by atoms with E-state index in [4.69, 9.17) is 14.2 Å². The van der Waals surface area contributed by atoms with E-state index in [9.17, 15) is 18.4 Å². The number of aromatic nitrogens is 2. The van der Waals surface area contributed by atoms with Crippen molar-refractivity contribution in [1.29, 1.82) is 0 Å². The summed E-state index contributed by atoms with van der Waals surface area (Å²) in [6.45, 7) is 4.40. The zero-order valence-electron chi connectivity index (χ0n) is 23.9. The fraction of sp³-hybridized carbons (Fsp3) is 0.333. The highest BCUT2D eigenvalue weighted by Gasteiger charge is 2.54. The molecule has 228 valence electrons. The second-order valence-corrected chi connectivity index (χ2v) is 11.0. The molecule has 8 nitrogen and oxygen atoms in total. The highest BCUT2D eigenvalue weighted by atomic mass is 19.2. The van der Waals surface area contributed by atoms with Crippen LogP contribution in [-0.4, -0.2) is 65.9 Å². The molecule has 0 spiro atoms. The predicted molar refractivity (Wildman–Crippen MR) is 154 cm³/mol. The standard InChI is InChI=1S/C33H30F3N3O5/c34-24-3-1-21(15-25(24)35)17-30(40)33(6-7-33)31(41)18-22-2-4-29(26(36)16-22)44-28-5-8-37-27-19-32(38-20-23(27)28)43-14-11-39-9-12-42-13-10-39/h1-5,8,15-16,19-20H,6-7,9-14,17-18H2. The molecule has 0 amide bonds. The van der Waals surface area contributed by atoms with Gasteiger partial charge in [-0.25, -0.2) is 18.2 Å². The molecule has 2 aliphatic rings. The molecule has 2 aromatic carbocycles. The van der Waals surface area contributed by atoms with Crippen LogP contribution in [0.1, 0.15) is 24.0 Å². The number of carbonyl (C=O) groups excluding carboxylic acids is 2. The van der Waals surface area contributed by atoms with Crippen LogP contribution in [0.3, 0.4) is 0 Å². The van der Waals surface area contributed by atoms with Crippen LogP contribution >= 0.6 is 0 Å². The lowest BCUT2D eigenvalue weighted by Gasteiger charge is -2.26. The topological polar surface area (TPSA) is 90.9 Å². The first kappa shape index (κ1) is 29.7. The van der Waals surface area contributed by atoms with E-state index in [0.29, 0.717) is 66.3 Å². The van der Waals surface area contributed by atoms with Crippen molar-refractivity contribution in [3.05, 3.63) is 89.5 Å². The number of ether oxygens (including phenoxy) is 3. The Kier molecular flexibility index (Phi) is 8.58. The van der Waals surface area contributed by atoms with Crippen molar-refractivity contribution in [1.82, 2.24) is 14.9 Å². The predicted octanol–water partition coefficient (Wildman–Crippen LogP) is 5.25. The van der Waals surface area contributed by atoms with Crippen LogP contribution in [0.15, 0.2) is 60.9 Å². The molecule has 1 aliphatic heterocycles. The SMILES string of the molecule is O=C(Cc1ccc(F)c(F)c1)C1(C(=O)Cc2ccc(Oc3ccnc4cc(OCCN5CCOCC5)ncc34)c(F)c2)CC1. The van der Waals surface area contributed by atoms with Crippen LogP contribution in [0, 0.1) is 22.9 Å². The third-order valence-electron chi connectivity index (χ3n) is 8.07. The molecule has 6 rings (SSSR count). The second kappa shape index (κ2) is 12.7. The van der Waals surface area contributed by atoms with Crippen LogP contribution in [0.25, 0.3) is 10.9 Å². The quantitative estimate of drug-likeness (QED) is 0.202. The van der Waals surface area contributed by atoms with E-state index in [-0.39, 0.29) is 30.2 Å². The molecule has 0 N–H and O–H groups in total. The van der Waals surface area contributed by atoms with Crippen molar-refractivity contribution in [3.63, 3.8) is 0 Å². The molecule has 44 heavy (non-hydrogen) atoms. The second-order valence-electron chi connectivity index (χ2n) is 11.0. The van der Waals surface area contributed by atoms with Crippen LogP contribution in [0.5, 0.6) is 17.4 Å². The molecule has 2 fully saturated rings. The zero-order valence-corrected chi connectivity index (χ0v) is 23.9. The molecule has 0 radical (unpaired) electrons. The Bertz CT molecular complexity index is 1710. The number of hydrogen-bond acceptors (Lipinski definition) is 8. The average molecular weight is 606 g/mol. The van der Waals surface area contributed by atoms with Crippen molar-refractivity contribution in [2.24, 2.45) is 5.41 Å². The zero-order chi connectivity index (χ0) is 30.7. The summed E-state index contributed by atoms with van der Waals surface area (Å²) < 4.78 is 59.0. The Hall–Kier alpha value is -4.35. The molecular weight excluding hydrogens is 575 g/mol. The highest BCUT2D eigenvalue weighted by molar-refractivity contribution is 6.10. The van der Waals surface area contributed by atoms with Gasteiger partial charge in [0.05, 0.1) is 29.5 Å². The van der Waals surface area contributed by atoms with Gasteiger partial charge in [-0.05, 0) is 54.3 Å². The van der Waals surface area contributed by atoms with E-state index in [2.05, 4.69) is 14.9 Å². The first-order chi connectivity index (χ1) is 21.3. The molecular formula is C33H30F3N3O5. The molecule has 1 aliphatic carbocycles. The maximum Gasteiger partial charge on any atom is 0.215 e. The van der Waals surface area contributed by atoms with Crippen molar-refractivity contribution < 1.29 is 37.0 Å². The lowest BCUT2D eigenvalue weighted by molar-refractivity contribution is -0.133. The largest absolute Gasteiger partial charge is 0.476 e. The smallest absolute Gasteiger partial charge is 0.215 e. The van der Waals surface area contributed by atoms with Gasteiger partial charge < -0.3 is 14.2 Å². The molecule has 0 bridgehead atoms. The van der Waals surface area contributed by atoms with Crippen molar-refractivity contribution in [2.75, 3.05) is 39.5 Å². The molecule has 0 unspecified atom stereocenters. The van der Waals surface area contributed by atoms with Gasteiger partial charge in [-0.2, -0.15) is 0 Å². The van der Waals surface area contributed by atoms with E-state index in [0.717, 1.165) is 31.8 Å². The molecule has 1 saturated carbocycles. The van der Waals surface area contributed by atoms with Crippen molar-refractivity contribution in [2.45, 2.75) is 25.7 Å². The number of fused-ring (bicyclic) bond motifs is 1. The summed E-state index contributed by atoms with van der Waals surface area (Å²) in [4.78, 5) is 37.0. The lowest BCUT2D eigenvalue weighted by Crippen LogP contribution is -2.38. The summed E-state index contributed by atoms with van der Waals surface area (Å²) in [6.07, 6.45) is 3.55. The van der Waals surface area contributed by atoms with E-state index < -0.39 is 22.9 Å². The molecule has 4 aromatic rings. The van der Waals surface area contributed by atoms with Crippen LogP contribution in [0.4, 0.5) is 13.2 Å². The fourth-order valence-electron chi connectivity index (χ4n) is 5.32. The number of ketones is 2. The number of halogens is 3. The van der Waals surface area contributed by atoms with Gasteiger partial charge in [0.25, 0.3) is 0 Å². The maximum absolute atomic E-state index is 15.1. The number of hydrogen-bond donors (Lipinski definition) is 0. The summed E-state index contributed by atoms with van der Waals surface area (Å²) in [5.41, 5.74) is 0.0906. The minimum absolute atomic E-state index is 0.0462. The number of nitrogens with zero attached hydrogens (tertiary/aromatic N) is 3. The Morgan fingerprint density at radius 3 is 2.23 bits per heavy atom. The highest BCUT2D eigenvalue weighted by Crippen LogP contribution is 2.49. The summed E-state index contributed by atoms with van der Waals surface area (Å²) in [6, 6.07) is 10.8. The van der Waals surface area contributed by atoms with Gasteiger partial charge in [-0.1, -0.05) is 12.1 Å². The van der Waals surface area contributed by atoms with Gasteiger partial charge in [-0.3, -0.25) is 19.5 Å². The van der Waals surface area contributed by atoms with Gasteiger partial charge in [0.1, 0.15) is 12.4 Å². The lowest BCUT2D eigenvalue weighted by atomic mass is 9.88. The van der Waals surface area contributed by atoms with Crippen molar-refractivity contribution >= 4 is 22.5 Å². The number of pyridine rings is 2. The summed E-state index contributed by atoms with van der Waals surface area (Å²) >= 11 is 0.